The highest BCUT2D eigenvalue weighted by Gasteiger charge is 1.93. The van der Waals surface area contributed by atoms with Gasteiger partial charge < -0.3 is 4.74 Å². The van der Waals surface area contributed by atoms with Gasteiger partial charge in [-0.15, -0.1) is 0 Å². The third kappa shape index (κ3) is 2.85. The SMILES string of the molecule is C[11C](=O)OCc1ccccc1. The standard InChI is InChI=1S/C9H10O2/c1-8(10)11-7-9-5-3-2-4-6-9/h2-6H,7H2,1H3/i8-1. The van der Waals surface area contributed by atoms with Gasteiger partial charge in [-0.25, -0.2) is 0 Å². The van der Waals surface area contributed by atoms with Crippen molar-refractivity contribution in [2.24, 2.45) is 0 Å². The van der Waals surface area contributed by atoms with E-state index in [-0.39, 0.29) is 5.97 Å². The Balaban J connectivity index is 2.45. The van der Waals surface area contributed by atoms with Crippen molar-refractivity contribution in [3.05, 3.63) is 35.9 Å². The maximum atomic E-state index is 10.4. The van der Waals surface area contributed by atoms with E-state index in [9.17, 15) is 4.79 Å². The Hall–Kier alpha value is -1.31. The number of benzene rings is 1. The second-order valence-corrected chi connectivity index (χ2v) is 2.27. The highest BCUT2D eigenvalue weighted by atomic mass is 16.5. The monoisotopic (exact) mass is 149 g/mol. The smallest absolute Gasteiger partial charge is 0.302 e. The lowest BCUT2D eigenvalue weighted by molar-refractivity contribution is -0.142. The first-order valence-electron chi connectivity index (χ1n) is 3.46. The minimum absolute atomic E-state index is 0.242. The van der Waals surface area contributed by atoms with Gasteiger partial charge in [0.2, 0.25) is 0 Å². The molecule has 0 atom stereocenters. The van der Waals surface area contributed by atoms with Crippen molar-refractivity contribution in [1.82, 2.24) is 0 Å². The van der Waals surface area contributed by atoms with Gasteiger partial charge in [-0.05, 0) is 5.56 Å². The highest BCUT2D eigenvalue weighted by Crippen LogP contribution is 1.99. The molecular formula is C9H10O2. The number of rotatable bonds is 2. The summed E-state index contributed by atoms with van der Waals surface area (Å²) in [5, 5.41) is 0. The molecule has 1 rings (SSSR count). The van der Waals surface area contributed by atoms with E-state index in [4.69, 9.17) is 4.74 Å². The minimum atomic E-state index is -0.242. The van der Waals surface area contributed by atoms with Crippen molar-refractivity contribution in [2.45, 2.75) is 13.5 Å². The molecule has 0 fully saturated rings. The minimum Gasteiger partial charge on any atom is -0.461 e. The lowest BCUT2D eigenvalue weighted by atomic mass is 10.2. The number of carbonyl (C=O) groups is 1. The van der Waals surface area contributed by atoms with Crippen molar-refractivity contribution in [1.29, 1.82) is 0 Å². The second kappa shape index (κ2) is 3.76. The molecule has 0 saturated carbocycles. The van der Waals surface area contributed by atoms with Crippen molar-refractivity contribution >= 4 is 5.97 Å². The van der Waals surface area contributed by atoms with E-state index in [1.165, 1.54) is 6.92 Å². The van der Waals surface area contributed by atoms with Gasteiger partial charge in [0, 0.05) is 6.92 Å². The molecule has 0 radical (unpaired) electrons. The number of esters is 1. The third-order valence-corrected chi connectivity index (χ3v) is 1.28. The normalized spacial score (nSPS) is 9.18. The topological polar surface area (TPSA) is 26.3 Å². The lowest BCUT2D eigenvalue weighted by Crippen LogP contribution is -1.97. The van der Waals surface area contributed by atoms with E-state index in [1.807, 2.05) is 30.3 Å². The molecule has 2 nitrogen and oxygen atoms in total. The fourth-order valence-corrected chi connectivity index (χ4v) is 0.759. The average Bonchev–Trinajstić information content (AvgIpc) is 2.03. The summed E-state index contributed by atoms with van der Waals surface area (Å²) in [7, 11) is 0. The van der Waals surface area contributed by atoms with E-state index in [0.717, 1.165) is 5.56 Å². The first-order valence-corrected chi connectivity index (χ1v) is 3.46. The van der Waals surface area contributed by atoms with Crippen molar-refractivity contribution in [3.63, 3.8) is 0 Å². The summed E-state index contributed by atoms with van der Waals surface area (Å²) >= 11 is 0. The molecule has 2 heteroatoms. The summed E-state index contributed by atoms with van der Waals surface area (Å²) in [6, 6.07) is 9.60. The number of ether oxygens (including phenoxy) is 1. The molecule has 0 saturated heterocycles. The van der Waals surface area contributed by atoms with Gasteiger partial charge in [-0.3, -0.25) is 4.79 Å². The molecule has 1 aromatic rings. The Morgan fingerprint density at radius 1 is 1.36 bits per heavy atom. The quantitative estimate of drug-likeness (QED) is 0.599. The zero-order valence-electron chi connectivity index (χ0n) is 6.41. The largest absolute Gasteiger partial charge is 0.461 e. The van der Waals surface area contributed by atoms with Gasteiger partial charge in [-0.2, -0.15) is 0 Å². The van der Waals surface area contributed by atoms with Crippen LogP contribution in [-0.4, -0.2) is 5.97 Å². The van der Waals surface area contributed by atoms with Gasteiger partial charge in [0.1, 0.15) is 6.61 Å². The van der Waals surface area contributed by atoms with Crippen molar-refractivity contribution < 1.29 is 9.53 Å². The molecule has 1 aromatic carbocycles. The Kier molecular flexibility index (Phi) is 2.66. The number of hydrogen-bond donors (Lipinski definition) is 0. The summed E-state index contributed by atoms with van der Waals surface area (Å²) in [5.74, 6) is -0.242. The van der Waals surface area contributed by atoms with E-state index in [1.54, 1.807) is 0 Å². The maximum Gasteiger partial charge on any atom is 0.302 e. The third-order valence-electron chi connectivity index (χ3n) is 1.28. The lowest BCUT2D eigenvalue weighted by Gasteiger charge is -1.99. The predicted molar refractivity (Wildman–Crippen MR) is 41.9 cm³/mol. The molecule has 0 bridgehead atoms. The molecule has 0 aliphatic heterocycles. The summed E-state index contributed by atoms with van der Waals surface area (Å²) in [5.41, 5.74) is 1.02. The van der Waals surface area contributed by atoms with Crippen LogP contribution in [0.4, 0.5) is 0 Å². The summed E-state index contributed by atoms with van der Waals surface area (Å²) in [4.78, 5) is 10.4. The number of carbonyl (C=O) groups excluding carboxylic acids is 1. The molecule has 0 aliphatic rings. The van der Waals surface area contributed by atoms with E-state index >= 15 is 0 Å². The fraction of sp³-hybridized carbons (Fsp3) is 0.222. The Bertz CT molecular complexity index is 229. The molecule has 0 unspecified atom stereocenters. The van der Waals surface area contributed by atoms with Crippen LogP contribution in [0.5, 0.6) is 0 Å². The predicted octanol–water partition coefficient (Wildman–Crippen LogP) is 1.75. The van der Waals surface area contributed by atoms with E-state index in [0.29, 0.717) is 6.61 Å². The zero-order valence-corrected chi connectivity index (χ0v) is 6.41. The van der Waals surface area contributed by atoms with E-state index in [2.05, 4.69) is 0 Å². The molecule has 0 aliphatic carbocycles. The molecule has 0 N–H and O–H groups in total. The van der Waals surface area contributed by atoms with Crippen LogP contribution >= 0.6 is 0 Å². The van der Waals surface area contributed by atoms with Crippen LogP contribution in [0.15, 0.2) is 30.3 Å². The Morgan fingerprint density at radius 3 is 2.55 bits per heavy atom. The van der Waals surface area contributed by atoms with Crippen LogP contribution in [0.1, 0.15) is 12.5 Å². The van der Waals surface area contributed by atoms with Gasteiger partial charge in [0.05, 0.1) is 0 Å². The molecule has 0 aromatic heterocycles. The van der Waals surface area contributed by atoms with E-state index < -0.39 is 0 Å². The molecule has 11 heavy (non-hydrogen) atoms. The molecular weight excluding hydrogens is 139 g/mol. The van der Waals surface area contributed by atoms with Gasteiger partial charge >= 0.3 is 5.97 Å². The van der Waals surface area contributed by atoms with Crippen LogP contribution in [0.25, 0.3) is 0 Å². The van der Waals surface area contributed by atoms with Gasteiger partial charge in [-0.1, -0.05) is 30.3 Å². The van der Waals surface area contributed by atoms with Crippen LogP contribution in [0, 0.1) is 0 Å². The summed E-state index contributed by atoms with van der Waals surface area (Å²) in [6.45, 7) is 1.78. The Morgan fingerprint density at radius 2 is 2.00 bits per heavy atom. The first-order chi connectivity index (χ1) is 5.29. The van der Waals surface area contributed by atoms with Crippen molar-refractivity contribution in [2.75, 3.05) is 0 Å². The second-order valence-electron chi connectivity index (χ2n) is 2.27. The van der Waals surface area contributed by atoms with Crippen LogP contribution < -0.4 is 0 Å². The maximum absolute atomic E-state index is 10.4. The summed E-state index contributed by atoms with van der Waals surface area (Å²) in [6.07, 6.45) is 0. The fourth-order valence-electron chi connectivity index (χ4n) is 0.759. The van der Waals surface area contributed by atoms with Crippen LogP contribution in [0.2, 0.25) is 0 Å². The Labute approximate surface area is 65.8 Å². The molecule has 0 heterocycles. The zero-order chi connectivity index (χ0) is 8.10. The first kappa shape index (κ1) is 7.79. The highest BCUT2D eigenvalue weighted by molar-refractivity contribution is 5.65. The van der Waals surface area contributed by atoms with Gasteiger partial charge in [0.15, 0.2) is 0 Å². The molecule has 0 spiro atoms. The number of hydrogen-bond acceptors (Lipinski definition) is 2. The van der Waals surface area contributed by atoms with Crippen molar-refractivity contribution in [3.8, 4) is 0 Å². The van der Waals surface area contributed by atoms with Crippen LogP contribution in [-0.2, 0) is 16.1 Å². The molecule has 58 valence electrons. The average molecular weight is 149 g/mol. The van der Waals surface area contributed by atoms with Crippen LogP contribution in [0.3, 0.4) is 0 Å². The summed E-state index contributed by atoms with van der Waals surface area (Å²) < 4.78 is 4.79. The van der Waals surface area contributed by atoms with Gasteiger partial charge in [0.25, 0.3) is 0 Å². The molecule has 0 amide bonds.